The third kappa shape index (κ3) is 7.58. The van der Waals surface area contributed by atoms with E-state index in [-0.39, 0.29) is 6.54 Å². The predicted molar refractivity (Wildman–Crippen MR) is 64.6 cm³/mol. The first-order chi connectivity index (χ1) is 8.01. The second kappa shape index (κ2) is 8.82. The number of carbonyl (C=O) groups is 3. The molecule has 0 spiro atoms. The summed E-state index contributed by atoms with van der Waals surface area (Å²) in [7, 11) is 0. The Morgan fingerprint density at radius 3 is 2.53 bits per heavy atom. The van der Waals surface area contributed by atoms with Gasteiger partial charge >= 0.3 is 5.97 Å². The number of hydrogen-bond acceptors (Lipinski definition) is 5. The van der Waals surface area contributed by atoms with Crippen LogP contribution in [-0.2, 0) is 14.4 Å². The summed E-state index contributed by atoms with van der Waals surface area (Å²) in [5.74, 6) is -1.41. The van der Waals surface area contributed by atoms with E-state index < -0.39 is 30.4 Å². The van der Waals surface area contributed by atoms with Crippen LogP contribution in [0.1, 0.15) is 6.42 Å². The van der Waals surface area contributed by atoms with E-state index in [4.69, 9.17) is 10.8 Å². The number of carbonyl (C=O) groups excluding carboxylic acids is 2. The molecule has 0 bridgehead atoms. The van der Waals surface area contributed by atoms with Crippen LogP contribution in [0.15, 0.2) is 0 Å². The summed E-state index contributed by atoms with van der Waals surface area (Å²) >= 11 is 1.53. The lowest BCUT2D eigenvalue weighted by molar-refractivity contribution is -0.138. The molecule has 2 amide bonds. The van der Waals surface area contributed by atoms with Gasteiger partial charge in [-0.1, -0.05) is 0 Å². The first kappa shape index (κ1) is 15.7. The van der Waals surface area contributed by atoms with Gasteiger partial charge in [0, 0.05) is 0 Å². The van der Waals surface area contributed by atoms with Crippen molar-refractivity contribution in [1.82, 2.24) is 10.6 Å². The van der Waals surface area contributed by atoms with Gasteiger partial charge in [0.05, 0.1) is 6.54 Å². The molecule has 0 saturated heterocycles. The Balaban J connectivity index is 4.28. The third-order valence-corrected chi connectivity index (χ3v) is 2.51. The van der Waals surface area contributed by atoms with Gasteiger partial charge in [0.15, 0.2) is 0 Å². The Hall–Kier alpha value is -1.28. The summed E-state index contributed by atoms with van der Waals surface area (Å²) in [6.45, 7) is -0.672. The fourth-order valence-corrected chi connectivity index (χ4v) is 1.52. The van der Waals surface area contributed by atoms with Gasteiger partial charge in [-0.25, -0.2) is 0 Å². The minimum atomic E-state index is -1.13. The van der Waals surface area contributed by atoms with Gasteiger partial charge in [-0.05, 0) is 18.4 Å². The maximum Gasteiger partial charge on any atom is 0.322 e. The van der Waals surface area contributed by atoms with Crippen LogP contribution in [0.5, 0.6) is 0 Å². The molecule has 1 unspecified atom stereocenters. The van der Waals surface area contributed by atoms with Gasteiger partial charge in [0.2, 0.25) is 11.8 Å². The Morgan fingerprint density at radius 1 is 1.41 bits per heavy atom. The third-order valence-electron chi connectivity index (χ3n) is 1.86. The van der Waals surface area contributed by atoms with E-state index in [1.54, 1.807) is 0 Å². The number of thioether (sulfide) groups is 1. The standard InChI is InChI=1S/C9H17N3O4S/c1-17-3-2-6(12-7(13)4-10)9(16)11-5-8(14)15/h6H,2-5,10H2,1H3,(H,11,16)(H,12,13)(H,14,15). The Kier molecular flexibility index (Phi) is 8.16. The number of rotatable bonds is 8. The maximum absolute atomic E-state index is 11.6. The van der Waals surface area contributed by atoms with Crippen LogP contribution in [0.3, 0.4) is 0 Å². The summed E-state index contributed by atoms with van der Waals surface area (Å²) in [5.41, 5.74) is 5.13. The summed E-state index contributed by atoms with van der Waals surface area (Å²) in [6, 6.07) is -0.738. The number of nitrogens with two attached hydrogens (primary N) is 1. The van der Waals surface area contributed by atoms with Crippen molar-refractivity contribution in [2.75, 3.05) is 25.1 Å². The topological polar surface area (TPSA) is 122 Å². The van der Waals surface area contributed by atoms with Crippen molar-refractivity contribution >= 4 is 29.5 Å². The molecule has 7 nitrogen and oxygen atoms in total. The fourth-order valence-electron chi connectivity index (χ4n) is 1.04. The van der Waals surface area contributed by atoms with Crippen molar-refractivity contribution in [2.45, 2.75) is 12.5 Å². The van der Waals surface area contributed by atoms with Gasteiger partial charge in [-0.3, -0.25) is 14.4 Å². The van der Waals surface area contributed by atoms with Gasteiger partial charge in [0.1, 0.15) is 12.6 Å². The van der Waals surface area contributed by atoms with Gasteiger partial charge in [-0.2, -0.15) is 11.8 Å². The molecule has 0 aliphatic heterocycles. The number of carboxylic acid groups (broad SMARTS) is 1. The first-order valence-electron chi connectivity index (χ1n) is 4.99. The average molecular weight is 263 g/mol. The molecule has 0 rings (SSSR count). The molecule has 98 valence electrons. The second-order valence-electron chi connectivity index (χ2n) is 3.22. The smallest absolute Gasteiger partial charge is 0.322 e. The Morgan fingerprint density at radius 2 is 2.06 bits per heavy atom. The van der Waals surface area contributed by atoms with Crippen LogP contribution in [-0.4, -0.2) is 54.0 Å². The van der Waals surface area contributed by atoms with Crippen LogP contribution in [0, 0.1) is 0 Å². The van der Waals surface area contributed by atoms with E-state index in [1.807, 2.05) is 6.26 Å². The van der Waals surface area contributed by atoms with Gasteiger partial charge in [0.25, 0.3) is 0 Å². The molecule has 0 aromatic carbocycles. The van der Waals surface area contributed by atoms with E-state index in [2.05, 4.69) is 10.6 Å². The Labute approximate surface area is 104 Å². The lowest BCUT2D eigenvalue weighted by atomic mass is 10.2. The van der Waals surface area contributed by atoms with Gasteiger partial charge in [-0.15, -0.1) is 0 Å². The monoisotopic (exact) mass is 263 g/mol. The zero-order valence-corrected chi connectivity index (χ0v) is 10.4. The summed E-state index contributed by atoms with van der Waals surface area (Å²) < 4.78 is 0. The normalized spacial score (nSPS) is 11.6. The molecule has 0 aromatic heterocycles. The molecule has 0 aromatic rings. The minimum Gasteiger partial charge on any atom is -0.480 e. The molecule has 17 heavy (non-hydrogen) atoms. The highest BCUT2D eigenvalue weighted by molar-refractivity contribution is 7.98. The van der Waals surface area contributed by atoms with Crippen molar-refractivity contribution in [3.8, 4) is 0 Å². The average Bonchev–Trinajstić information content (AvgIpc) is 2.30. The molecule has 0 heterocycles. The molecule has 0 aliphatic rings. The number of hydrogen-bond donors (Lipinski definition) is 4. The van der Waals surface area contributed by atoms with Crippen LogP contribution in [0.25, 0.3) is 0 Å². The highest BCUT2D eigenvalue weighted by Gasteiger charge is 2.19. The zero-order chi connectivity index (χ0) is 13.3. The first-order valence-corrected chi connectivity index (χ1v) is 6.38. The van der Waals surface area contributed by atoms with Gasteiger partial charge < -0.3 is 21.5 Å². The number of amides is 2. The van der Waals surface area contributed by atoms with Crippen molar-refractivity contribution < 1.29 is 19.5 Å². The van der Waals surface area contributed by atoms with E-state index >= 15 is 0 Å². The molecular formula is C9H17N3O4S. The van der Waals surface area contributed by atoms with Crippen molar-refractivity contribution in [1.29, 1.82) is 0 Å². The predicted octanol–water partition coefficient (Wildman–Crippen LogP) is -1.62. The quantitative estimate of drug-likeness (QED) is 0.418. The lowest BCUT2D eigenvalue weighted by Crippen LogP contribution is -2.49. The zero-order valence-electron chi connectivity index (χ0n) is 9.56. The largest absolute Gasteiger partial charge is 0.480 e. The van der Waals surface area contributed by atoms with Crippen LogP contribution in [0.4, 0.5) is 0 Å². The molecule has 5 N–H and O–H groups in total. The molecule has 0 radical (unpaired) electrons. The molecule has 0 aliphatic carbocycles. The number of carboxylic acids is 1. The molecule has 8 heteroatoms. The summed E-state index contributed by atoms with van der Waals surface area (Å²) in [4.78, 5) is 32.9. The van der Waals surface area contributed by atoms with Crippen molar-refractivity contribution in [3.63, 3.8) is 0 Å². The lowest BCUT2D eigenvalue weighted by Gasteiger charge is -2.16. The highest BCUT2D eigenvalue weighted by Crippen LogP contribution is 2.00. The SMILES string of the molecule is CSCCC(NC(=O)CN)C(=O)NCC(=O)O. The van der Waals surface area contributed by atoms with Crippen molar-refractivity contribution in [3.05, 3.63) is 0 Å². The van der Waals surface area contributed by atoms with E-state index in [0.29, 0.717) is 12.2 Å². The van der Waals surface area contributed by atoms with Crippen LogP contribution >= 0.6 is 11.8 Å². The van der Waals surface area contributed by atoms with E-state index in [9.17, 15) is 14.4 Å². The molecule has 0 fully saturated rings. The van der Waals surface area contributed by atoms with E-state index in [1.165, 1.54) is 11.8 Å². The fraction of sp³-hybridized carbons (Fsp3) is 0.667. The highest BCUT2D eigenvalue weighted by atomic mass is 32.2. The Bertz CT molecular complexity index is 285. The molecular weight excluding hydrogens is 246 g/mol. The summed E-state index contributed by atoms with van der Waals surface area (Å²) in [5, 5.41) is 13.1. The second-order valence-corrected chi connectivity index (χ2v) is 4.20. The minimum absolute atomic E-state index is 0.206. The van der Waals surface area contributed by atoms with Crippen molar-refractivity contribution in [2.24, 2.45) is 5.73 Å². The maximum atomic E-state index is 11.6. The number of nitrogens with one attached hydrogen (secondary N) is 2. The number of aliphatic carboxylic acids is 1. The van der Waals surface area contributed by atoms with Crippen LogP contribution < -0.4 is 16.4 Å². The molecule has 0 saturated carbocycles. The molecule has 1 atom stereocenters. The van der Waals surface area contributed by atoms with Crippen LogP contribution in [0.2, 0.25) is 0 Å². The summed E-state index contributed by atoms with van der Waals surface area (Å²) in [6.07, 6.45) is 2.30. The van der Waals surface area contributed by atoms with E-state index in [0.717, 1.165) is 0 Å².